The van der Waals surface area contributed by atoms with Crippen LogP contribution in [0.15, 0.2) is 48.5 Å². The second-order valence-corrected chi connectivity index (χ2v) is 12.1. The van der Waals surface area contributed by atoms with E-state index in [1.165, 1.54) is 0 Å². The fourth-order valence-corrected chi connectivity index (χ4v) is 8.00. The number of aliphatic hydroxyl groups is 1. The van der Waals surface area contributed by atoms with Crippen LogP contribution in [0.4, 0.5) is 0 Å². The molecule has 37 heavy (non-hydrogen) atoms. The van der Waals surface area contributed by atoms with Crippen LogP contribution in [-0.4, -0.2) is 46.6 Å². The van der Waals surface area contributed by atoms with Crippen LogP contribution in [0.25, 0.3) is 0 Å². The summed E-state index contributed by atoms with van der Waals surface area (Å²) in [6.45, 7) is 1.18. The van der Waals surface area contributed by atoms with Crippen LogP contribution in [-0.2, 0) is 22.6 Å². The van der Waals surface area contributed by atoms with Gasteiger partial charge in [0.1, 0.15) is 5.75 Å². The van der Waals surface area contributed by atoms with Crippen LogP contribution < -0.4 is 10.1 Å². The summed E-state index contributed by atoms with van der Waals surface area (Å²) in [5, 5.41) is 14.3. The molecule has 5 fully saturated rings. The summed E-state index contributed by atoms with van der Waals surface area (Å²) in [4.78, 5) is 27.8. The van der Waals surface area contributed by atoms with Gasteiger partial charge >= 0.3 is 0 Å². The zero-order valence-electron chi connectivity index (χ0n) is 21.1. The molecule has 2 aromatic carbocycles. The van der Waals surface area contributed by atoms with E-state index < -0.39 is 5.60 Å². The van der Waals surface area contributed by atoms with Gasteiger partial charge in [0.15, 0.2) is 6.61 Å². The number of ether oxygens (including phenoxy) is 1. The Morgan fingerprint density at radius 1 is 1.11 bits per heavy atom. The number of likely N-dealkylation sites (tertiary alicyclic amines) is 1. The van der Waals surface area contributed by atoms with E-state index in [2.05, 4.69) is 10.2 Å². The van der Waals surface area contributed by atoms with Crippen molar-refractivity contribution in [2.45, 2.75) is 63.1 Å². The molecule has 1 saturated heterocycles. The number of nitrogens with one attached hydrogen (secondary N) is 1. The Kier molecular flexibility index (Phi) is 6.66. The molecule has 196 valence electrons. The van der Waals surface area contributed by atoms with Crippen LogP contribution >= 0.6 is 11.6 Å². The minimum absolute atomic E-state index is 0.0618. The van der Waals surface area contributed by atoms with Crippen LogP contribution in [0.2, 0.25) is 5.02 Å². The van der Waals surface area contributed by atoms with E-state index in [9.17, 15) is 14.7 Å². The Morgan fingerprint density at radius 3 is 2.57 bits per heavy atom. The van der Waals surface area contributed by atoms with Crippen molar-refractivity contribution in [3.63, 3.8) is 0 Å². The third kappa shape index (κ3) is 5.10. The summed E-state index contributed by atoms with van der Waals surface area (Å²) in [6, 6.07) is 15.5. The number of benzene rings is 2. The van der Waals surface area contributed by atoms with Crippen molar-refractivity contribution in [3.05, 3.63) is 64.7 Å². The van der Waals surface area contributed by atoms with Crippen LogP contribution in [0.1, 0.15) is 49.7 Å². The van der Waals surface area contributed by atoms with Crippen molar-refractivity contribution >= 4 is 23.4 Å². The molecule has 1 aliphatic heterocycles. The number of nitrogens with zero attached hydrogens (tertiary/aromatic N) is 1. The highest BCUT2D eigenvalue weighted by Crippen LogP contribution is 2.57. The molecule has 4 saturated carbocycles. The molecule has 3 atom stereocenters. The molecule has 4 bridgehead atoms. The van der Waals surface area contributed by atoms with Crippen molar-refractivity contribution < 1.29 is 19.4 Å². The van der Waals surface area contributed by atoms with Crippen LogP contribution in [0.5, 0.6) is 5.75 Å². The standard InChI is InChI=1S/C30H35ClN2O4/c31-26-13-25(37-18-27(34)32-17-19-4-2-1-3-5-19)7-6-21(26)12-22-8-9-33(29(22)35)28-23-10-20-11-24(28)16-30(36,14-20)15-23/h1-7,13,20,22-24,28,36H,8-12,14-18H2,(H,32,34). The molecule has 0 aromatic heterocycles. The van der Waals surface area contributed by atoms with Crippen molar-refractivity contribution in [1.82, 2.24) is 10.2 Å². The Balaban J connectivity index is 1.02. The monoisotopic (exact) mass is 522 g/mol. The molecule has 5 aliphatic rings. The quantitative estimate of drug-likeness (QED) is 0.540. The number of halogens is 1. The van der Waals surface area contributed by atoms with Crippen LogP contribution in [0, 0.1) is 23.7 Å². The fourth-order valence-electron chi connectivity index (χ4n) is 7.76. The Morgan fingerprint density at radius 2 is 1.86 bits per heavy atom. The van der Waals surface area contributed by atoms with E-state index in [1.807, 2.05) is 42.5 Å². The molecule has 7 rings (SSSR count). The van der Waals surface area contributed by atoms with E-state index in [4.69, 9.17) is 16.3 Å². The molecule has 0 spiro atoms. The highest BCUT2D eigenvalue weighted by molar-refractivity contribution is 6.31. The maximum absolute atomic E-state index is 13.5. The lowest BCUT2D eigenvalue weighted by molar-refractivity contribution is -0.168. The lowest BCUT2D eigenvalue weighted by Crippen LogP contribution is -2.62. The van der Waals surface area contributed by atoms with E-state index in [0.717, 1.165) is 56.2 Å². The molecule has 2 amide bonds. The van der Waals surface area contributed by atoms with Gasteiger partial charge in [-0.1, -0.05) is 48.0 Å². The van der Waals surface area contributed by atoms with E-state index in [-0.39, 0.29) is 24.3 Å². The summed E-state index contributed by atoms with van der Waals surface area (Å²) < 4.78 is 5.65. The largest absolute Gasteiger partial charge is 0.484 e. The topological polar surface area (TPSA) is 78.9 Å². The summed E-state index contributed by atoms with van der Waals surface area (Å²) in [7, 11) is 0. The lowest BCUT2D eigenvalue weighted by atomic mass is 9.52. The van der Waals surface area contributed by atoms with Gasteiger partial charge in [-0.3, -0.25) is 9.59 Å². The highest BCUT2D eigenvalue weighted by atomic mass is 35.5. The fraction of sp³-hybridized carbons (Fsp3) is 0.533. The van der Waals surface area contributed by atoms with Gasteiger partial charge in [0.2, 0.25) is 5.91 Å². The molecule has 2 aromatic rings. The average Bonchev–Trinajstić information content (AvgIpc) is 3.22. The summed E-state index contributed by atoms with van der Waals surface area (Å²) in [5.41, 5.74) is 1.49. The second-order valence-electron chi connectivity index (χ2n) is 11.7. The highest BCUT2D eigenvalue weighted by Gasteiger charge is 2.57. The molecular formula is C30H35ClN2O4. The predicted octanol–water partition coefficient (Wildman–Crippen LogP) is 4.37. The first-order valence-corrected chi connectivity index (χ1v) is 14.0. The predicted molar refractivity (Wildman–Crippen MR) is 141 cm³/mol. The van der Waals surface area contributed by atoms with Crippen molar-refractivity contribution in [2.75, 3.05) is 13.2 Å². The van der Waals surface area contributed by atoms with Gasteiger partial charge in [-0.25, -0.2) is 0 Å². The Hall–Kier alpha value is -2.57. The van der Waals surface area contributed by atoms with E-state index in [0.29, 0.717) is 47.5 Å². The lowest BCUT2D eigenvalue weighted by Gasteiger charge is -2.59. The van der Waals surface area contributed by atoms with E-state index in [1.54, 1.807) is 6.07 Å². The van der Waals surface area contributed by atoms with Gasteiger partial charge in [0.25, 0.3) is 5.91 Å². The first-order chi connectivity index (χ1) is 17.9. The molecule has 4 aliphatic carbocycles. The molecule has 0 radical (unpaired) electrons. The second kappa shape index (κ2) is 9.95. The van der Waals surface area contributed by atoms with Gasteiger partial charge in [-0.15, -0.1) is 0 Å². The summed E-state index contributed by atoms with van der Waals surface area (Å²) in [6.07, 6.45) is 6.46. The minimum Gasteiger partial charge on any atom is -0.484 e. The van der Waals surface area contributed by atoms with Gasteiger partial charge in [0, 0.05) is 30.1 Å². The van der Waals surface area contributed by atoms with Gasteiger partial charge in [0.05, 0.1) is 5.60 Å². The number of carbonyl (C=O) groups excluding carboxylic acids is 2. The first kappa shape index (κ1) is 24.7. The zero-order valence-corrected chi connectivity index (χ0v) is 21.8. The van der Waals surface area contributed by atoms with Gasteiger partial charge in [-0.05, 0) is 86.0 Å². The molecule has 3 unspecified atom stereocenters. The van der Waals surface area contributed by atoms with E-state index >= 15 is 0 Å². The maximum Gasteiger partial charge on any atom is 0.258 e. The van der Waals surface area contributed by atoms with Gasteiger partial charge < -0.3 is 20.1 Å². The molecule has 2 N–H and O–H groups in total. The molecule has 1 heterocycles. The van der Waals surface area contributed by atoms with Crippen molar-refractivity contribution in [1.29, 1.82) is 0 Å². The minimum atomic E-state index is -0.477. The molecule has 6 nitrogen and oxygen atoms in total. The van der Waals surface area contributed by atoms with Crippen LogP contribution in [0.3, 0.4) is 0 Å². The summed E-state index contributed by atoms with van der Waals surface area (Å²) >= 11 is 6.58. The number of hydrogen-bond donors (Lipinski definition) is 2. The third-order valence-electron chi connectivity index (χ3n) is 9.10. The molecule has 7 heteroatoms. The SMILES string of the molecule is O=C(COc1ccc(CC2CCN(C3C4CC5CC3CC(O)(C5)C4)C2=O)c(Cl)c1)NCc1ccccc1. The zero-order chi connectivity index (χ0) is 25.6. The number of rotatable bonds is 8. The summed E-state index contributed by atoms with van der Waals surface area (Å²) in [5.74, 6) is 2.06. The van der Waals surface area contributed by atoms with Crippen molar-refractivity contribution in [2.24, 2.45) is 23.7 Å². The normalized spacial score (nSPS) is 32.1. The average molecular weight is 523 g/mol. The number of hydrogen-bond acceptors (Lipinski definition) is 4. The Bertz CT molecular complexity index is 1160. The number of carbonyl (C=O) groups is 2. The third-order valence-corrected chi connectivity index (χ3v) is 9.45. The Labute approximate surface area is 223 Å². The van der Waals surface area contributed by atoms with Gasteiger partial charge in [-0.2, -0.15) is 0 Å². The van der Waals surface area contributed by atoms with Crippen molar-refractivity contribution in [3.8, 4) is 5.75 Å². The molecular weight excluding hydrogens is 488 g/mol. The maximum atomic E-state index is 13.5. The number of amides is 2. The first-order valence-electron chi connectivity index (χ1n) is 13.6. The smallest absolute Gasteiger partial charge is 0.258 e.